The molecule has 0 spiro atoms. The molecule has 1 aliphatic rings. The minimum atomic E-state index is -0.261. The van der Waals surface area contributed by atoms with Crippen molar-refractivity contribution < 1.29 is 4.39 Å². The summed E-state index contributed by atoms with van der Waals surface area (Å²) in [5, 5.41) is 4.08. The Kier molecular flexibility index (Phi) is 5.13. The average Bonchev–Trinajstić information content (AvgIpc) is 3.19. The van der Waals surface area contributed by atoms with E-state index in [2.05, 4.69) is 53.5 Å². The molecular formula is C23H25FN4S. The molecule has 3 heterocycles. The van der Waals surface area contributed by atoms with Gasteiger partial charge in [-0.25, -0.2) is 4.39 Å². The third kappa shape index (κ3) is 3.42. The number of aryl methyl sites for hydroxylation is 1. The first-order valence-electron chi connectivity index (χ1n) is 9.83. The van der Waals surface area contributed by atoms with E-state index in [4.69, 9.17) is 12.2 Å². The van der Waals surface area contributed by atoms with Crippen molar-refractivity contribution in [2.45, 2.75) is 45.8 Å². The predicted molar refractivity (Wildman–Crippen MR) is 119 cm³/mol. The summed E-state index contributed by atoms with van der Waals surface area (Å²) in [5.74, 6) is -0.261. The van der Waals surface area contributed by atoms with Crippen LogP contribution in [0.1, 0.15) is 54.6 Å². The minimum absolute atomic E-state index is 0.0819. The highest BCUT2D eigenvalue weighted by Crippen LogP contribution is 2.43. The van der Waals surface area contributed by atoms with Crippen LogP contribution in [0.4, 0.5) is 10.1 Å². The molecule has 1 N–H and O–H groups in total. The van der Waals surface area contributed by atoms with Gasteiger partial charge in [0.25, 0.3) is 0 Å². The maximum atomic E-state index is 13.6. The Morgan fingerprint density at radius 3 is 2.41 bits per heavy atom. The van der Waals surface area contributed by atoms with E-state index in [0.717, 1.165) is 11.4 Å². The van der Waals surface area contributed by atoms with E-state index in [0.29, 0.717) is 11.2 Å². The second kappa shape index (κ2) is 7.59. The fourth-order valence-electron chi connectivity index (χ4n) is 4.45. The number of hydrogen-bond acceptors (Lipinski definition) is 2. The van der Waals surface area contributed by atoms with Gasteiger partial charge < -0.3 is 14.8 Å². The average molecular weight is 409 g/mol. The fraction of sp³-hybridized carbons (Fsp3) is 0.304. The van der Waals surface area contributed by atoms with Gasteiger partial charge >= 0.3 is 0 Å². The molecule has 1 aromatic carbocycles. The first-order chi connectivity index (χ1) is 13.9. The van der Waals surface area contributed by atoms with E-state index in [1.807, 2.05) is 18.2 Å². The fourth-order valence-corrected chi connectivity index (χ4v) is 4.79. The van der Waals surface area contributed by atoms with Gasteiger partial charge in [0.2, 0.25) is 0 Å². The lowest BCUT2D eigenvalue weighted by molar-refractivity contribution is 0.547. The van der Waals surface area contributed by atoms with Crippen molar-refractivity contribution >= 4 is 23.0 Å². The van der Waals surface area contributed by atoms with Crippen LogP contribution in [0, 0.1) is 19.7 Å². The van der Waals surface area contributed by atoms with Crippen LogP contribution < -0.4 is 10.2 Å². The van der Waals surface area contributed by atoms with Crippen molar-refractivity contribution in [3.05, 3.63) is 83.2 Å². The first-order valence-corrected chi connectivity index (χ1v) is 10.2. The lowest BCUT2D eigenvalue weighted by atomic mass is 9.96. The van der Waals surface area contributed by atoms with E-state index in [1.54, 1.807) is 18.3 Å². The standard InChI is InChI=1S/C23H25FN4S/c1-14(2)27-15(3)13-19(16(27)4)22-21(20-7-5-6-12-25-20)26-23(29)28(22)18-10-8-17(24)9-11-18/h5-14,21-22H,1-4H3,(H,26,29). The minimum Gasteiger partial charge on any atom is -0.351 e. The first kappa shape index (κ1) is 19.6. The van der Waals surface area contributed by atoms with Crippen LogP contribution in [0.3, 0.4) is 0 Å². The lowest BCUT2D eigenvalue weighted by Gasteiger charge is -2.28. The summed E-state index contributed by atoms with van der Waals surface area (Å²) >= 11 is 5.73. The highest BCUT2D eigenvalue weighted by Gasteiger charge is 2.42. The molecule has 2 unspecified atom stereocenters. The van der Waals surface area contributed by atoms with Gasteiger partial charge in [-0.15, -0.1) is 0 Å². The van der Waals surface area contributed by atoms with Crippen LogP contribution in [0.25, 0.3) is 0 Å². The summed E-state index contributed by atoms with van der Waals surface area (Å²) in [6.07, 6.45) is 1.80. The summed E-state index contributed by atoms with van der Waals surface area (Å²) in [6.45, 7) is 8.67. The number of rotatable bonds is 4. The SMILES string of the molecule is Cc1cc(C2C(c3ccccn3)NC(=S)N2c2ccc(F)cc2)c(C)n1C(C)C. The van der Waals surface area contributed by atoms with Crippen LogP contribution in [0.2, 0.25) is 0 Å². The van der Waals surface area contributed by atoms with Gasteiger partial charge in [-0.05, 0) is 87.9 Å². The van der Waals surface area contributed by atoms with Crippen molar-refractivity contribution in [1.82, 2.24) is 14.9 Å². The Hall–Kier alpha value is -2.73. The monoisotopic (exact) mass is 408 g/mol. The van der Waals surface area contributed by atoms with E-state index >= 15 is 0 Å². The zero-order valence-electron chi connectivity index (χ0n) is 17.1. The van der Waals surface area contributed by atoms with Gasteiger partial charge in [0.15, 0.2) is 5.11 Å². The maximum absolute atomic E-state index is 13.6. The molecule has 0 radical (unpaired) electrons. The molecule has 150 valence electrons. The molecule has 0 bridgehead atoms. The van der Waals surface area contributed by atoms with E-state index in [-0.39, 0.29) is 17.9 Å². The topological polar surface area (TPSA) is 33.1 Å². The second-order valence-corrected chi connectivity index (χ2v) is 8.15. The van der Waals surface area contributed by atoms with Crippen molar-refractivity contribution in [2.24, 2.45) is 0 Å². The lowest BCUT2D eigenvalue weighted by Crippen LogP contribution is -2.29. The number of nitrogens with zero attached hydrogens (tertiary/aromatic N) is 3. The molecule has 29 heavy (non-hydrogen) atoms. The van der Waals surface area contributed by atoms with Gasteiger partial charge in [-0.3, -0.25) is 4.98 Å². The number of pyridine rings is 1. The molecule has 0 saturated carbocycles. The number of hydrogen-bond donors (Lipinski definition) is 1. The molecule has 1 saturated heterocycles. The van der Waals surface area contributed by atoms with Gasteiger partial charge in [0.1, 0.15) is 5.82 Å². The summed E-state index contributed by atoms with van der Waals surface area (Å²) in [7, 11) is 0. The van der Waals surface area contributed by atoms with Crippen LogP contribution in [0.5, 0.6) is 0 Å². The molecule has 0 amide bonds. The van der Waals surface area contributed by atoms with Crippen molar-refractivity contribution in [3.8, 4) is 0 Å². The normalized spacial score (nSPS) is 19.1. The van der Waals surface area contributed by atoms with E-state index in [9.17, 15) is 4.39 Å². The number of thiocarbonyl (C=S) groups is 1. The zero-order valence-corrected chi connectivity index (χ0v) is 17.9. The summed E-state index contributed by atoms with van der Waals surface area (Å²) in [4.78, 5) is 6.68. The number of nitrogens with one attached hydrogen (secondary N) is 1. The van der Waals surface area contributed by atoms with Crippen molar-refractivity contribution in [2.75, 3.05) is 4.90 Å². The van der Waals surface area contributed by atoms with Crippen molar-refractivity contribution in [1.29, 1.82) is 0 Å². The van der Waals surface area contributed by atoms with E-state index < -0.39 is 0 Å². The maximum Gasteiger partial charge on any atom is 0.174 e. The molecule has 1 fully saturated rings. The quantitative estimate of drug-likeness (QED) is 0.586. The molecule has 6 heteroatoms. The Morgan fingerprint density at radius 1 is 1.10 bits per heavy atom. The van der Waals surface area contributed by atoms with Gasteiger partial charge in [0, 0.05) is 29.3 Å². The number of aromatic nitrogens is 2. The number of benzene rings is 1. The van der Waals surface area contributed by atoms with Gasteiger partial charge in [-0.1, -0.05) is 6.07 Å². The summed E-state index contributed by atoms with van der Waals surface area (Å²) in [6, 6.07) is 14.8. The molecule has 0 aliphatic carbocycles. The smallest absolute Gasteiger partial charge is 0.174 e. The predicted octanol–water partition coefficient (Wildman–Crippen LogP) is 5.40. The Morgan fingerprint density at radius 2 is 1.83 bits per heavy atom. The van der Waals surface area contributed by atoms with E-state index in [1.165, 1.54) is 29.1 Å². The summed E-state index contributed by atoms with van der Waals surface area (Å²) < 4.78 is 15.9. The highest BCUT2D eigenvalue weighted by atomic mass is 32.1. The zero-order chi connectivity index (χ0) is 20.7. The molecule has 3 aromatic rings. The van der Waals surface area contributed by atoms with Gasteiger partial charge in [0.05, 0.1) is 17.8 Å². The largest absolute Gasteiger partial charge is 0.351 e. The number of anilines is 1. The Balaban J connectivity index is 1.88. The molecule has 2 aromatic heterocycles. The summed E-state index contributed by atoms with van der Waals surface area (Å²) in [5.41, 5.74) is 5.41. The van der Waals surface area contributed by atoms with Gasteiger partial charge in [-0.2, -0.15) is 0 Å². The van der Waals surface area contributed by atoms with Crippen molar-refractivity contribution in [3.63, 3.8) is 0 Å². The molecule has 4 rings (SSSR count). The molecular weight excluding hydrogens is 383 g/mol. The highest BCUT2D eigenvalue weighted by molar-refractivity contribution is 7.80. The van der Waals surface area contributed by atoms with Crippen LogP contribution in [0.15, 0.2) is 54.7 Å². The third-order valence-electron chi connectivity index (χ3n) is 5.56. The number of halogens is 1. The molecule has 1 aliphatic heterocycles. The van der Waals surface area contributed by atoms with Crippen LogP contribution in [-0.2, 0) is 0 Å². The second-order valence-electron chi connectivity index (χ2n) is 7.76. The Bertz CT molecular complexity index is 1030. The van der Waals surface area contributed by atoms with Crippen LogP contribution in [-0.4, -0.2) is 14.7 Å². The molecule has 2 atom stereocenters. The molecule has 4 nitrogen and oxygen atoms in total. The van der Waals surface area contributed by atoms with Crippen LogP contribution >= 0.6 is 12.2 Å². The Labute approximate surface area is 176 Å². The third-order valence-corrected chi connectivity index (χ3v) is 5.88.